The zero-order valence-corrected chi connectivity index (χ0v) is 32.1. The van der Waals surface area contributed by atoms with Crippen LogP contribution in [0.2, 0.25) is 0 Å². The lowest BCUT2D eigenvalue weighted by molar-refractivity contribution is 0.660. The van der Waals surface area contributed by atoms with Crippen LogP contribution < -0.4 is 0 Å². The van der Waals surface area contributed by atoms with E-state index in [-0.39, 0.29) is 5.41 Å². The van der Waals surface area contributed by atoms with Crippen LogP contribution in [0.25, 0.3) is 95.2 Å². The monoisotopic (exact) mass is 743 g/mol. The molecule has 0 bridgehead atoms. The first-order valence-electron chi connectivity index (χ1n) is 19.7. The topological polar surface area (TPSA) is 56.5 Å². The average molecular weight is 744 g/mol. The first-order chi connectivity index (χ1) is 28.5. The number of rotatable bonds is 6. The molecule has 3 aromatic heterocycles. The predicted octanol–water partition coefficient (Wildman–Crippen LogP) is 13.0. The number of hydrogen-bond donors (Lipinski definition) is 0. The van der Waals surface area contributed by atoms with Crippen molar-refractivity contribution in [2.24, 2.45) is 0 Å². The normalized spacial score (nSPS) is 12.8. The van der Waals surface area contributed by atoms with E-state index in [2.05, 4.69) is 182 Å². The fraction of sp³-hybridized carbons (Fsp3) is 0.0566. The Morgan fingerprint density at radius 1 is 0.397 bits per heavy atom. The number of aromatic nitrogens is 5. The van der Waals surface area contributed by atoms with Gasteiger partial charge < -0.3 is 0 Å². The fourth-order valence-electron chi connectivity index (χ4n) is 8.83. The van der Waals surface area contributed by atoms with E-state index in [4.69, 9.17) is 19.9 Å². The lowest BCUT2D eigenvalue weighted by Gasteiger charge is -2.23. The van der Waals surface area contributed by atoms with Crippen LogP contribution in [0.4, 0.5) is 0 Å². The average Bonchev–Trinajstić information content (AvgIpc) is 3.74. The summed E-state index contributed by atoms with van der Waals surface area (Å²) in [6, 6.07) is 64.1. The van der Waals surface area contributed by atoms with Crippen LogP contribution in [-0.4, -0.2) is 24.5 Å². The smallest absolute Gasteiger partial charge is 0.164 e. The molecule has 0 fully saturated rings. The SMILES string of the molecule is CC1(C)c2cc(-c3nc(-c4cccc(-c5ccccc5)c4)nc(-c4ccccc4-c4ccccc4)n3)ccc2-c2ccc(-n3c4ccccc4c4cccnc43)cc21. The second kappa shape index (κ2) is 13.3. The lowest BCUT2D eigenvalue weighted by Crippen LogP contribution is -2.15. The third kappa shape index (κ3) is 5.47. The van der Waals surface area contributed by atoms with Gasteiger partial charge in [-0.15, -0.1) is 0 Å². The maximum atomic E-state index is 5.26. The van der Waals surface area contributed by atoms with Gasteiger partial charge in [0.1, 0.15) is 5.65 Å². The van der Waals surface area contributed by atoms with Gasteiger partial charge in [-0.2, -0.15) is 0 Å². The van der Waals surface area contributed by atoms with Gasteiger partial charge in [0, 0.05) is 44.8 Å². The second-order valence-electron chi connectivity index (χ2n) is 15.5. The number of nitrogens with zero attached hydrogens (tertiary/aromatic N) is 5. The van der Waals surface area contributed by atoms with Crippen molar-refractivity contribution < 1.29 is 0 Å². The molecular formula is C53H37N5. The molecule has 1 aliphatic rings. The van der Waals surface area contributed by atoms with Gasteiger partial charge in [0.25, 0.3) is 0 Å². The van der Waals surface area contributed by atoms with E-state index in [0.29, 0.717) is 17.5 Å². The number of fused-ring (bicyclic) bond motifs is 6. The second-order valence-corrected chi connectivity index (χ2v) is 15.5. The fourth-order valence-corrected chi connectivity index (χ4v) is 8.83. The van der Waals surface area contributed by atoms with Crippen LogP contribution >= 0.6 is 0 Å². The van der Waals surface area contributed by atoms with E-state index in [1.54, 1.807) is 0 Å². The quantitative estimate of drug-likeness (QED) is 0.170. The van der Waals surface area contributed by atoms with Gasteiger partial charge in [-0.1, -0.05) is 153 Å². The Labute approximate surface area is 337 Å². The number of para-hydroxylation sites is 1. The van der Waals surface area contributed by atoms with Gasteiger partial charge >= 0.3 is 0 Å². The largest absolute Gasteiger partial charge is 0.294 e. The number of hydrogen-bond acceptors (Lipinski definition) is 4. The molecule has 7 aromatic carbocycles. The molecule has 0 aliphatic heterocycles. The van der Waals surface area contributed by atoms with Crippen LogP contribution in [0, 0.1) is 0 Å². The van der Waals surface area contributed by atoms with Gasteiger partial charge in [0.2, 0.25) is 0 Å². The van der Waals surface area contributed by atoms with Crippen molar-refractivity contribution >= 4 is 21.9 Å². The summed E-state index contributed by atoms with van der Waals surface area (Å²) in [7, 11) is 0. The molecule has 274 valence electrons. The summed E-state index contributed by atoms with van der Waals surface area (Å²) >= 11 is 0. The van der Waals surface area contributed by atoms with Gasteiger partial charge in [0.15, 0.2) is 17.5 Å². The summed E-state index contributed by atoms with van der Waals surface area (Å²) in [4.78, 5) is 20.5. The van der Waals surface area contributed by atoms with Crippen LogP contribution in [0.5, 0.6) is 0 Å². The number of pyridine rings is 1. The van der Waals surface area contributed by atoms with Crippen molar-refractivity contribution in [3.8, 4) is 73.2 Å². The summed E-state index contributed by atoms with van der Waals surface area (Å²) in [5, 5.41) is 2.35. The molecule has 0 unspecified atom stereocenters. The Hall–Kier alpha value is -7.50. The minimum atomic E-state index is -0.286. The summed E-state index contributed by atoms with van der Waals surface area (Å²) in [6.45, 7) is 4.65. The summed E-state index contributed by atoms with van der Waals surface area (Å²) in [5.74, 6) is 1.91. The van der Waals surface area contributed by atoms with Gasteiger partial charge in [-0.05, 0) is 87.0 Å². The Bertz CT molecular complexity index is 3150. The molecule has 0 saturated carbocycles. The van der Waals surface area contributed by atoms with Crippen LogP contribution in [-0.2, 0) is 5.41 Å². The van der Waals surface area contributed by atoms with Gasteiger partial charge in [0.05, 0.1) is 5.52 Å². The molecule has 10 aromatic rings. The molecule has 11 rings (SSSR count). The predicted molar refractivity (Wildman–Crippen MR) is 237 cm³/mol. The number of benzene rings is 7. The molecule has 3 heterocycles. The van der Waals surface area contributed by atoms with Crippen molar-refractivity contribution in [3.63, 3.8) is 0 Å². The minimum absolute atomic E-state index is 0.286. The highest BCUT2D eigenvalue weighted by molar-refractivity contribution is 6.07. The molecular weight excluding hydrogens is 707 g/mol. The molecule has 0 N–H and O–H groups in total. The molecule has 0 spiro atoms. The van der Waals surface area contributed by atoms with Crippen LogP contribution in [0.15, 0.2) is 188 Å². The van der Waals surface area contributed by atoms with Crippen molar-refractivity contribution in [3.05, 3.63) is 199 Å². The zero-order valence-electron chi connectivity index (χ0n) is 32.1. The van der Waals surface area contributed by atoms with Crippen molar-refractivity contribution in [1.82, 2.24) is 24.5 Å². The third-order valence-corrected chi connectivity index (χ3v) is 11.7. The summed E-state index contributed by atoms with van der Waals surface area (Å²) < 4.78 is 2.30. The van der Waals surface area contributed by atoms with Gasteiger partial charge in [-0.3, -0.25) is 4.57 Å². The van der Waals surface area contributed by atoms with Crippen LogP contribution in [0.1, 0.15) is 25.0 Å². The first-order valence-corrected chi connectivity index (χ1v) is 19.7. The molecule has 0 atom stereocenters. The molecule has 0 radical (unpaired) electrons. The Kier molecular flexibility index (Phi) is 7.76. The summed E-state index contributed by atoms with van der Waals surface area (Å²) in [5.41, 5.74) is 15.2. The Morgan fingerprint density at radius 3 is 1.78 bits per heavy atom. The van der Waals surface area contributed by atoms with E-state index in [1.165, 1.54) is 27.6 Å². The van der Waals surface area contributed by atoms with Crippen LogP contribution in [0.3, 0.4) is 0 Å². The van der Waals surface area contributed by atoms with E-state index in [9.17, 15) is 0 Å². The summed E-state index contributed by atoms with van der Waals surface area (Å²) in [6.07, 6.45) is 1.88. The molecule has 5 heteroatoms. The van der Waals surface area contributed by atoms with E-state index >= 15 is 0 Å². The third-order valence-electron chi connectivity index (χ3n) is 11.7. The molecule has 58 heavy (non-hydrogen) atoms. The van der Waals surface area contributed by atoms with E-state index < -0.39 is 0 Å². The standard InChI is InChI=1S/C53H37N5/c1-53(2)46-32-38(26-28-41(46)42-29-27-39(33-47(42)53)58-48-25-12-11-22-43(48)45-24-14-30-54-52(45)58)50-55-49(37-20-13-19-36(31-37)34-15-5-3-6-16-34)56-51(57-50)44-23-10-9-21-40(44)35-17-7-4-8-18-35/h3-33H,1-2H3. The highest BCUT2D eigenvalue weighted by atomic mass is 15.0. The highest BCUT2D eigenvalue weighted by Crippen LogP contribution is 2.50. The molecule has 0 amide bonds. The van der Waals surface area contributed by atoms with E-state index in [1.807, 2.05) is 24.4 Å². The minimum Gasteiger partial charge on any atom is -0.294 e. The Balaban J connectivity index is 1.05. The maximum absolute atomic E-state index is 5.26. The highest BCUT2D eigenvalue weighted by Gasteiger charge is 2.36. The van der Waals surface area contributed by atoms with Crippen molar-refractivity contribution in [2.45, 2.75) is 19.3 Å². The molecule has 1 aliphatic carbocycles. The lowest BCUT2D eigenvalue weighted by atomic mass is 9.82. The van der Waals surface area contributed by atoms with Crippen molar-refractivity contribution in [2.75, 3.05) is 0 Å². The first kappa shape index (κ1) is 33.8. The molecule has 5 nitrogen and oxygen atoms in total. The molecule has 0 saturated heterocycles. The Morgan fingerprint density at radius 2 is 0.983 bits per heavy atom. The van der Waals surface area contributed by atoms with Crippen molar-refractivity contribution in [1.29, 1.82) is 0 Å². The maximum Gasteiger partial charge on any atom is 0.164 e. The van der Waals surface area contributed by atoms with Gasteiger partial charge in [-0.25, -0.2) is 19.9 Å². The zero-order chi connectivity index (χ0) is 38.8. The van der Waals surface area contributed by atoms with E-state index in [0.717, 1.165) is 61.2 Å².